The van der Waals surface area contributed by atoms with Gasteiger partial charge in [-0.25, -0.2) is 0 Å². The van der Waals surface area contributed by atoms with Gasteiger partial charge >= 0.3 is 5.97 Å². The van der Waals surface area contributed by atoms with E-state index in [9.17, 15) is 9.59 Å². The van der Waals surface area contributed by atoms with Crippen LogP contribution in [-0.2, 0) is 4.79 Å². The molecule has 0 radical (unpaired) electrons. The third-order valence-electron chi connectivity index (χ3n) is 3.24. The molecule has 0 aromatic carbocycles. The van der Waals surface area contributed by atoms with Crippen molar-refractivity contribution in [3.05, 3.63) is 16.3 Å². The van der Waals surface area contributed by atoms with Crippen molar-refractivity contribution in [2.75, 3.05) is 13.7 Å². The second-order valence-electron chi connectivity index (χ2n) is 4.57. The average molecular weight is 299 g/mol. The van der Waals surface area contributed by atoms with Crippen molar-refractivity contribution in [3.8, 4) is 5.75 Å². The van der Waals surface area contributed by atoms with Crippen molar-refractivity contribution in [1.82, 2.24) is 5.32 Å². The minimum absolute atomic E-state index is 0.134. The number of carbonyl (C=O) groups excluding carboxylic acids is 1. The number of hydrogen-bond donors (Lipinski definition) is 2. The van der Waals surface area contributed by atoms with E-state index in [1.165, 1.54) is 18.4 Å². The summed E-state index contributed by atoms with van der Waals surface area (Å²) >= 11 is 1.35. The SMILES string of the molecule is CCC(CCNC(=O)c1sccc1OC)CCC(=O)O. The Morgan fingerprint density at radius 3 is 2.80 bits per heavy atom. The number of nitrogens with one attached hydrogen (secondary N) is 1. The van der Waals surface area contributed by atoms with Gasteiger partial charge in [0.05, 0.1) is 7.11 Å². The molecular formula is C14H21NO4S. The van der Waals surface area contributed by atoms with Crippen molar-refractivity contribution in [2.24, 2.45) is 5.92 Å². The fraction of sp³-hybridized carbons (Fsp3) is 0.571. The van der Waals surface area contributed by atoms with Gasteiger partial charge in [-0.15, -0.1) is 11.3 Å². The molecule has 0 bridgehead atoms. The first kappa shape index (κ1) is 16.5. The van der Waals surface area contributed by atoms with Crippen LogP contribution < -0.4 is 10.1 Å². The van der Waals surface area contributed by atoms with Crippen LogP contribution in [-0.4, -0.2) is 30.6 Å². The van der Waals surface area contributed by atoms with Gasteiger partial charge in [0.25, 0.3) is 5.91 Å². The van der Waals surface area contributed by atoms with Gasteiger partial charge in [0.15, 0.2) is 0 Å². The number of methoxy groups -OCH3 is 1. The molecule has 0 saturated heterocycles. The quantitative estimate of drug-likeness (QED) is 0.735. The first-order chi connectivity index (χ1) is 9.58. The zero-order valence-electron chi connectivity index (χ0n) is 11.8. The van der Waals surface area contributed by atoms with E-state index in [1.807, 2.05) is 12.3 Å². The normalized spacial score (nSPS) is 11.9. The topological polar surface area (TPSA) is 75.6 Å². The lowest BCUT2D eigenvalue weighted by Crippen LogP contribution is -2.25. The summed E-state index contributed by atoms with van der Waals surface area (Å²) in [6.45, 7) is 2.59. The smallest absolute Gasteiger partial charge is 0.303 e. The van der Waals surface area contributed by atoms with E-state index in [0.717, 1.165) is 12.8 Å². The minimum Gasteiger partial charge on any atom is -0.495 e. The van der Waals surface area contributed by atoms with Gasteiger partial charge < -0.3 is 15.2 Å². The summed E-state index contributed by atoms with van der Waals surface area (Å²) in [7, 11) is 1.54. The molecule has 1 atom stereocenters. The van der Waals surface area contributed by atoms with E-state index in [2.05, 4.69) is 5.32 Å². The van der Waals surface area contributed by atoms with Gasteiger partial charge in [-0.3, -0.25) is 9.59 Å². The summed E-state index contributed by atoms with van der Waals surface area (Å²) in [5.74, 6) is 0.0165. The highest BCUT2D eigenvalue weighted by Gasteiger charge is 2.14. The molecule has 1 aromatic heterocycles. The zero-order chi connectivity index (χ0) is 15.0. The van der Waals surface area contributed by atoms with Crippen LogP contribution >= 0.6 is 11.3 Å². The maximum atomic E-state index is 11.9. The predicted octanol–water partition coefficient (Wildman–Crippen LogP) is 2.77. The number of thiophene rings is 1. The van der Waals surface area contributed by atoms with Crippen molar-refractivity contribution in [2.45, 2.75) is 32.6 Å². The molecule has 1 heterocycles. The molecule has 1 amide bonds. The van der Waals surface area contributed by atoms with Crippen LogP contribution in [0.2, 0.25) is 0 Å². The van der Waals surface area contributed by atoms with Crippen LogP contribution in [0.3, 0.4) is 0 Å². The Bertz CT molecular complexity index is 444. The van der Waals surface area contributed by atoms with E-state index < -0.39 is 5.97 Å². The van der Waals surface area contributed by atoms with Gasteiger partial charge in [-0.2, -0.15) is 0 Å². The van der Waals surface area contributed by atoms with Crippen molar-refractivity contribution in [1.29, 1.82) is 0 Å². The number of carboxylic acids is 1. The second kappa shape index (κ2) is 8.58. The van der Waals surface area contributed by atoms with Crippen LogP contribution in [0.5, 0.6) is 5.75 Å². The zero-order valence-corrected chi connectivity index (χ0v) is 12.7. The molecule has 1 unspecified atom stereocenters. The van der Waals surface area contributed by atoms with Gasteiger partial charge in [-0.1, -0.05) is 13.3 Å². The number of carboxylic acid groups (broad SMARTS) is 1. The summed E-state index contributed by atoms with van der Waals surface area (Å²) in [6, 6.07) is 1.77. The lowest BCUT2D eigenvalue weighted by molar-refractivity contribution is -0.137. The molecule has 112 valence electrons. The lowest BCUT2D eigenvalue weighted by Gasteiger charge is -2.14. The molecule has 1 aromatic rings. The van der Waals surface area contributed by atoms with E-state index in [4.69, 9.17) is 9.84 Å². The summed E-state index contributed by atoms with van der Waals surface area (Å²) in [4.78, 5) is 23.1. The highest BCUT2D eigenvalue weighted by Crippen LogP contribution is 2.24. The molecule has 2 N–H and O–H groups in total. The number of rotatable bonds is 9. The van der Waals surface area contributed by atoms with Gasteiger partial charge in [0.2, 0.25) is 0 Å². The van der Waals surface area contributed by atoms with E-state index in [-0.39, 0.29) is 12.3 Å². The Kier molecular flexibility index (Phi) is 7.08. The molecule has 0 aliphatic rings. The molecule has 0 fully saturated rings. The van der Waals surface area contributed by atoms with Crippen molar-refractivity contribution >= 4 is 23.2 Å². The largest absolute Gasteiger partial charge is 0.495 e. The lowest BCUT2D eigenvalue weighted by atomic mass is 9.97. The van der Waals surface area contributed by atoms with E-state index in [1.54, 1.807) is 6.07 Å². The van der Waals surface area contributed by atoms with E-state index in [0.29, 0.717) is 29.5 Å². The van der Waals surface area contributed by atoms with Crippen LogP contribution in [0.1, 0.15) is 42.3 Å². The first-order valence-electron chi connectivity index (χ1n) is 6.70. The van der Waals surface area contributed by atoms with Crippen LogP contribution in [0.15, 0.2) is 11.4 Å². The Labute approximate surface area is 123 Å². The fourth-order valence-corrected chi connectivity index (χ4v) is 2.75. The maximum absolute atomic E-state index is 11.9. The van der Waals surface area contributed by atoms with Crippen molar-refractivity contribution < 1.29 is 19.4 Å². The number of carbonyl (C=O) groups is 2. The molecule has 0 aliphatic carbocycles. The summed E-state index contributed by atoms with van der Waals surface area (Å²) in [5.41, 5.74) is 0. The third kappa shape index (κ3) is 5.21. The van der Waals surface area contributed by atoms with Gasteiger partial charge in [-0.05, 0) is 30.2 Å². The minimum atomic E-state index is -0.768. The standard InChI is InChI=1S/C14H21NO4S/c1-3-10(4-5-12(16)17)6-8-15-14(18)13-11(19-2)7-9-20-13/h7,9-10H,3-6,8H2,1-2H3,(H,15,18)(H,16,17). The highest BCUT2D eigenvalue weighted by atomic mass is 32.1. The summed E-state index contributed by atoms with van der Waals surface area (Å²) in [6.07, 6.45) is 2.56. The molecular weight excluding hydrogens is 278 g/mol. The maximum Gasteiger partial charge on any atom is 0.303 e. The molecule has 6 heteroatoms. The number of aliphatic carboxylic acids is 1. The Morgan fingerprint density at radius 1 is 1.45 bits per heavy atom. The Balaban J connectivity index is 2.35. The van der Waals surface area contributed by atoms with Gasteiger partial charge in [0, 0.05) is 13.0 Å². The number of amides is 1. The van der Waals surface area contributed by atoms with Gasteiger partial charge in [0.1, 0.15) is 10.6 Å². The molecule has 0 saturated carbocycles. The Hall–Kier alpha value is -1.56. The van der Waals surface area contributed by atoms with Crippen LogP contribution in [0, 0.1) is 5.92 Å². The highest BCUT2D eigenvalue weighted by molar-refractivity contribution is 7.12. The second-order valence-corrected chi connectivity index (χ2v) is 5.49. The summed E-state index contributed by atoms with van der Waals surface area (Å²) < 4.78 is 5.10. The monoisotopic (exact) mass is 299 g/mol. The third-order valence-corrected chi connectivity index (χ3v) is 4.13. The first-order valence-corrected chi connectivity index (χ1v) is 7.57. The van der Waals surface area contributed by atoms with Crippen LogP contribution in [0.25, 0.3) is 0 Å². The van der Waals surface area contributed by atoms with Crippen LogP contribution in [0.4, 0.5) is 0 Å². The van der Waals surface area contributed by atoms with Crippen molar-refractivity contribution in [3.63, 3.8) is 0 Å². The average Bonchev–Trinajstić information content (AvgIpc) is 2.90. The molecule has 20 heavy (non-hydrogen) atoms. The molecule has 5 nitrogen and oxygen atoms in total. The Morgan fingerprint density at radius 2 is 2.20 bits per heavy atom. The molecule has 0 spiro atoms. The molecule has 0 aliphatic heterocycles. The summed E-state index contributed by atoms with van der Waals surface area (Å²) in [5, 5.41) is 13.3. The number of hydrogen-bond acceptors (Lipinski definition) is 4. The number of ether oxygens (including phenoxy) is 1. The fourth-order valence-electron chi connectivity index (χ4n) is 1.97. The molecule has 1 rings (SSSR count). The predicted molar refractivity (Wildman–Crippen MR) is 78.5 cm³/mol. The van der Waals surface area contributed by atoms with E-state index >= 15 is 0 Å².